The third-order valence-corrected chi connectivity index (χ3v) is 5.89. The van der Waals surface area contributed by atoms with E-state index in [1.54, 1.807) is 25.1 Å². The molecule has 0 bridgehead atoms. The van der Waals surface area contributed by atoms with Crippen LogP contribution in [0.2, 0.25) is 0 Å². The van der Waals surface area contributed by atoms with Gasteiger partial charge in [0.1, 0.15) is 0 Å². The lowest BCUT2D eigenvalue weighted by molar-refractivity contribution is 0.00878. The molecule has 6 heteroatoms. The quantitative estimate of drug-likeness (QED) is 0.428. The van der Waals surface area contributed by atoms with E-state index in [1.807, 2.05) is 6.08 Å². The molecule has 2 aliphatic heterocycles. The number of ether oxygens (including phenoxy) is 3. The summed E-state index contributed by atoms with van der Waals surface area (Å²) >= 11 is 0. The molecule has 1 fully saturated rings. The SMILES string of the molecule is CCCC1CCC(/C=C/c2ccc3c(c2F)Oc2c(cc(OCC)c(F)c2F)C3)OC1. The highest BCUT2D eigenvalue weighted by Crippen LogP contribution is 2.43. The number of halogens is 3. The van der Waals surface area contributed by atoms with Gasteiger partial charge in [-0.25, -0.2) is 4.39 Å². The van der Waals surface area contributed by atoms with Crippen LogP contribution in [0.4, 0.5) is 13.2 Å². The van der Waals surface area contributed by atoms with E-state index in [2.05, 4.69) is 6.92 Å². The first kappa shape index (κ1) is 21.8. The summed E-state index contributed by atoms with van der Waals surface area (Å²) in [6.45, 7) is 4.79. The average Bonchev–Trinajstić information content (AvgIpc) is 2.77. The standard InChI is InChI=1S/C25H27F3O3/c1-3-5-15-6-10-19(30-14-15)11-9-16-7-8-17-12-18-13-20(29-4-2)22(27)23(28)25(18)31-24(17)21(16)26/h7-9,11,13,15,19H,3-6,10,12,14H2,1-2H3/b11-9+. The summed E-state index contributed by atoms with van der Waals surface area (Å²) in [5.41, 5.74) is 1.33. The van der Waals surface area contributed by atoms with Crippen LogP contribution in [0.15, 0.2) is 24.3 Å². The van der Waals surface area contributed by atoms with Crippen molar-refractivity contribution >= 4 is 6.08 Å². The van der Waals surface area contributed by atoms with Crippen LogP contribution in [0, 0.1) is 23.4 Å². The highest BCUT2D eigenvalue weighted by molar-refractivity contribution is 5.60. The van der Waals surface area contributed by atoms with Crippen LogP contribution in [-0.4, -0.2) is 19.3 Å². The molecule has 0 N–H and O–H groups in total. The van der Waals surface area contributed by atoms with Crippen molar-refractivity contribution < 1.29 is 27.4 Å². The summed E-state index contributed by atoms with van der Waals surface area (Å²) < 4.78 is 60.5. The first-order valence-electron chi connectivity index (χ1n) is 10.9. The van der Waals surface area contributed by atoms with E-state index in [9.17, 15) is 8.78 Å². The van der Waals surface area contributed by atoms with Gasteiger partial charge in [-0.05, 0) is 38.2 Å². The normalized spacial score (nSPS) is 20.3. The summed E-state index contributed by atoms with van der Waals surface area (Å²) in [4.78, 5) is 0. The van der Waals surface area contributed by atoms with Gasteiger partial charge in [-0.1, -0.05) is 37.6 Å². The zero-order chi connectivity index (χ0) is 22.0. The van der Waals surface area contributed by atoms with Crippen molar-refractivity contribution in [2.45, 2.75) is 52.1 Å². The van der Waals surface area contributed by atoms with Crippen molar-refractivity contribution in [2.75, 3.05) is 13.2 Å². The minimum atomic E-state index is -1.16. The Morgan fingerprint density at radius 1 is 1.03 bits per heavy atom. The summed E-state index contributed by atoms with van der Waals surface area (Å²) in [6, 6.07) is 4.84. The van der Waals surface area contributed by atoms with Crippen molar-refractivity contribution in [1.82, 2.24) is 0 Å². The minimum Gasteiger partial charge on any atom is -0.491 e. The fourth-order valence-electron chi connectivity index (χ4n) is 4.26. The minimum absolute atomic E-state index is 0.0475. The molecule has 31 heavy (non-hydrogen) atoms. The number of hydrogen-bond donors (Lipinski definition) is 0. The van der Waals surface area contributed by atoms with Crippen molar-refractivity contribution in [2.24, 2.45) is 5.92 Å². The van der Waals surface area contributed by atoms with Gasteiger partial charge in [-0.2, -0.15) is 8.78 Å². The summed E-state index contributed by atoms with van der Waals surface area (Å²) in [5.74, 6) is -2.80. The van der Waals surface area contributed by atoms with Crippen LogP contribution in [0.25, 0.3) is 6.08 Å². The summed E-state index contributed by atoms with van der Waals surface area (Å²) in [7, 11) is 0. The lowest BCUT2D eigenvalue weighted by atomic mass is 9.94. The Morgan fingerprint density at radius 3 is 2.55 bits per heavy atom. The Morgan fingerprint density at radius 2 is 1.84 bits per heavy atom. The lowest BCUT2D eigenvalue weighted by Crippen LogP contribution is -2.24. The number of hydrogen-bond acceptors (Lipinski definition) is 3. The van der Waals surface area contributed by atoms with Gasteiger partial charge in [-0.15, -0.1) is 0 Å². The van der Waals surface area contributed by atoms with Crippen LogP contribution in [0.1, 0.15) is 56.2 Å². The Hall–Kier alpha value is -2.47. The molecule has 1 saturated heterocycles. The highest BCUT2D eigenvalue weighted by atomic mass is 19.2. The third-order valence-electron chi connectivity index (χ3n) is 5.89. The Labute approximate surface area is 180 Å². The van der Waals surface area contributed by atoms with Crippen LogP contribution in [0.5, 0.6) is 17.2 Å². The van der Waals surface area contributed by atoms with Gasteiger partial charge in [-0.3, -0.25) is 0 Å². The largest absolute Gasteiger partial charge is 0.491 e. The van der Waals surface area contributed by atoms with Gasteiger partial charge in [0.25, 0.3) is 0 Å². The van der Waals surface area contributed by atoms with E-state index >= 15 is 4.39 Å². The average molecular weight is 432 g/mol. The molecule has 2 aromatic rings. The van der Waals surface area contributed by atoms with E-state index in [4.69, 9.17) is 14.2 Å². The molecule has 0 aliphatic carbocycles. The Balaban J connectivity index is 1.53. The molecule has 2 atom stereocenters. The maximum Gasteiger partial charge on any atom is 0.205 e. The molecule has 0 saturated carbocycles. The molecule has 0 amide bonds. The van der Waals surface area contributed by atoms with Crippen molar-refractivity contribution in [1.29, 1.82) is 0 Å². The monoisotopic (exact) mass is 432 g/mol. The molecule has 2 heterocycles. The molecular weight excluding hydrogens is 405 g/mol. The first-order chi connectivity index (χ1) is 15.0. The maximum atomic E-state index is 15.1. The van der Waals surface area contributed by atoms with Gasteiger partial charge < -0.3 is 14.2 Å². The second kappa shape index (κ2) is 9.35. The van der Waals surface area contributed by atoms with Gasteiger partial charge in [0.2, 0.25) is 11.6 Å². The molecule has 4 rings (SSSR count). The van der Waals surface area contributed by atoms with Crippen LogP contribution in [0.3, 0.4) is 0 Å². The van der Waals surface area contributed by atoms with E-state index < -0.39 is 17.5 Å². The zero-order valence-electron chi connectivity index (χ0n) is 17.8. The number of benzene rings is 2. The fraction of sp³-hybridized carbons (Fsp3) is 0.440. The van der Waals surface area contributed by atoms with Gasteiger partial charge in [0.15, 0.2) is 23.1 Å². The molecule has 0 spiro atoms. The fourth-order valence-corrected chi connectivity index (χ4v) is 4.26. The third kappa shape index (κ3) is 4.45. The van der Waals surface area contributed by atoms with Crippen molar-refractivity contribution in [3.8, 4) is 17.2 Å². The smallest absolute Gasteiger partial charge is 0.205 e. The van der Waals surface area contributed by atoms with E-state index in [0.717, 1.165) is 32.3 Å². The molecule has 0 radical (unpaired) electrons. The van der Waals surface area contributed by atoms with E-state index in [0.29, 0.717) is 22.6 Å². The van der Waals surface area contributed by atoms with Crippen LogP contribution in [-0.2, 0) is 11.2 Å². The van der Waals surface area contributed by atoms with Gasteiger partial charge in [0.05, 0.1) is 19.3 Å². The van der Waals surface area contributed by atoms with Crippen molar-refractivity contribution in [3.05, 3.63) is 58.4 Å². The van der Waals surface area contributed by atoms with Crippen LogP contribution >= 0.6 is 0 Å². The predicted molar refractivity (Wildman–Crippen MR) is 113 cm³/mol. The Bertz CT molecular complexity index is 979. The summed E-state index contributed by atoms with van der Waals surface area (Å²) in [5, 5.41) is 0. The molecular formula is C25H27F3O3. The van der Waals surface area contributed by atoms with Gasteiger partial charge in [0, 0.05) is 23.1 Å². The number of rotatable bonds is 6. The van der Waals surface area contributed by atoms with Gasteiger partial charge >= 0.3 is 0 Å². The zero-order valence-corrected chi connectivity index (χ0v) is 17.8. The maximum absolute atomic E-state index is 15.1. The lowest BCUT2D eigenvalue weighted by Gasteiger charge is -2.27. The molecule has 2 aliphatic rings. The second-order valence-corrected chi connectivity index (χ2v) is 8.12. The predicted octanol–water partition coefficient (Wildman–Crippen LogP) is 6.81. The Kier molecular flexibility index (Phi) is 6.56. The summed E-state index contributed by atoms with van der Waals surface area (Å²) in [6.07, 6.45) is 8.04. The second-order valence-electron chi connectivity index (χ2n) is 8.12. The molecule has 3 nitrogen and oxygen atoms in total. The van der Waals surface area contributed by atoms with E-state index in [-0.39, 0.29) is 36.4 Å². The topological polar surface area (TPSA) is 27.7 Å². The molecule has 2 unspecified atom stereocenters. The van der Waals surface area contributed by atoms with Crippen LogP contribution < -0.4 is 9.47 Å². The van der Waals surface area contributed by atoms with E-state index in [1.165, 1.54) is 6.07 Å². The molecule has 0 aromatic heterocycles. The van der Waals surface area contributed by atoms with Crippen molar-refractivity contribution in [3.63, 3.8) is 0 Å². The molecule has 2 aromatic carbocycles. The highest BCUT2D eigenvalue weighted by Gasteiger charge is 2.28. The molecule has 166 valence electrons. The number of fused-ring (bicyclic) bond motifs is 2. The first-order valence-corrected chi connectivity index (χ1v) is 10.9.